The van der Waals surface area contributed by atoms with Crippen molar-refractivity contribution in [2.24, 2.45) is 5.92 Å². The Balaban J connectivity index is 1.58. The quantitative estimate of drug-likeness (QED) is 0.727. The zero-order valence-electron chi connectivity index (χ0n) is 17.0. The summed E-state index contributed by atoms with van der Waals surface area (Å²) in [7, 11) is 0. The number of aliphatic carboxylic acids is 1. The summed E-state index contributed by atoms with van der Waals surface area (Å²) in [5.41, 5.74) is -1.53. The summed E-state index contributed by atoms with van der Waals surface area (Å²) in [4.78, 5) is 14.0. The number of halogens is 2. The van der Waals surface area contributed by atoms with Gasteiger partial charge in [0.05, 0.1) is 6.61 Å². The molecule has 4 nitrogen and oxygen atoms in total. The second-order valence-electron chi connectivity index (χ2n) is 8.62. The fourth-order valence-electron chi connectivity index (χ4n) is 3.95. The normalized spacial score (nSPS) is 23.8. The molecule has 158 valence electrons. The van der Waals surface area contributed by atoms with E-state index in [4.69, 9.17) is 4.74 Å². The summed E-state index contributed by atoms with van der Waals surface area (Å²) >= 11 is 0. The van der Waals surface area contributed by atoms with E-state index in [1.807, 2.05) is 0 Å². The van der Waals surface area contributed by atoms with Crippen molar-refractivity contribution in [1.82, 2.24) is 4.90 Å². The first-order chi connectivity index (χ1) is 13.7. The van der Waals surface area contributed by atoms with E-state index >= 15 is 0 Å². The number of benzene rings is 1. The largest absolute Gasteiger partial charge is 0.479 e. The molecular weight excluding hydrogens is 376 g/mol. The van der Waals surface area contributed by atoms with Gasteiger partial charge in [-0.1, -0.05) is 30.4 Å². The number of ether oxygens (including phenoxy) is 1. The fraction of sp³-hybridized carbons (Fsp3) is 0.522. The van der Waals surface area contributed by atoms with Crippen molar-refractivity contribution >= 4 is 11.5 Å². The van der Waals surface area contributed by atoms with E-state index in [-0.39, 0.29) is 18.2 Å². The standard InChI is InChI=1S/C23H29F2NO3/c1-22(2,25)16-26-13-9-17(10-14-26)15-29-23(21(27)28)11-7-18(8-12-23)19-5-3-4-6-20(19)24/h3-8,11,17H,9-10,12-16H2,1-2H3,(H,27,28). The fourth-order valence-corrected chi connectivity index (χ4v) is 3.95. The van der Waals surface area contributed by atoms with E-state index in [1.165, 1.54) is 12.1 Å². The van der Waals surface area contributed by atoms with Crippen molar-refractivity contribution in [3.8, 4) is 0 Å². The van der Waals surface area contributed by atoms with E-state index in [2.05, 4.69) is 4.90 Å². The van der Waals surface area contributed by atoms with Crippen LogP contribution in [0.25, 0.3) is 5.57 Å². The molecule has 0 aromatic heterocycles. The van der Waals surface area contributed by atoms with E-state index in [0.717, 1.165) is 25.9 Å². The Morgan fingerprint density at radius 2 is 2.00 bits per heavy atom. The molecule has 1 heterocycles. The van der Waals surface area contributed by atoms with E-state index in [1.54, 1.807) is 44.2 Å². The van der Waals surface area contributed by atoms with Gasteiger partial charge >= 0.3 is 5.97 Å². The highest BCUT2D eigenvalue weighted by Gasteiger charge is 2.39. The molecule has 1 N–H and O–H groups in total. The summed E-state index contributed by atoms with van der Waals surface area (Å²) in [5.74, 6) is -1.14. The lowest BCUT2D eigenvalue weighted by Crippen LogP contribution is -2.44. The third-order valence-corrected chi connectivity index (χ3v) is 5.59. The third-order valence-electron chi connectivity index (χ3n) is 5.59. The van der Waals surface area contributed by atoms with Gasteiger partial charge in [0.15, 0.2) is 5.60 Å². The molecule has 2 aliphatic rings. The van der Waals surface area contributed by atoms with Crippen LogP contribution in [0.15, 0.2) is 42.5 Å². The van der Waals surface area contributed by atoms with Crippen LogP contribution in [0.5, 0.6) is 0 Å². The lowest BCUT2D eigenvalue weighted by Gasteiger charge is -2.36. The third kappa shape index (κ3) is 5.52. The first kappa shape index (κ1) is 21.7. The molecule has 1 fully saturated rings. The van der Waals surface area contributed by atoms with Crippen LogP contribution in [0.4, 0.5) is 8.78 Å². The van der Waals surface area contributed by atoms with Gasteiger partial charge in [-0.15, -0.1) is 0 Å². The Bertz CT molecular complexity index is 792. The Morgan fingerprint density at radius 1 is 1.31 bits per heavy atom. The average Bonchev–Trinajstić information content (AvgIpc) is 2.67. The lowest BCUT2D eigenvalue weighted by atomic mass is 9.88. The maximum atomic E-state index is 14.0. The second-order valence-corrected chi connectivity index (χ2v) is 8.62. The number of hydrogen-bond acceptors (Lipinski definition) is 3. The highest BCUT2D eigenvalue weighted by molar-refractivity contribution is 5.85. The van der Waals surface area contributed by atoms with Gasteiger partial charge in [-0.25, -0.2) is 13.6 Å². The number of rotatable bonds is 7. The molecule has 1 aromatic carbocycles. The number of carboxylic acids is 1. The minimum absolute atomic E-state index is 0.150. The molecule has 1 aromatic rings. The van der Waals surface area contributed by atoms with Gasteiger partial charge in [-0.3, -0.25) is 0 Å². The van der Waals surface area contributed by atoms with Crippen molar-refractivity contribution in [1.29, 1.82) is 0 Å². The maximum absolute atomic E-state index is 14.0. The predicted octanol–water partition coefficient (Wildman–Crippen LogP) is 4.47. The molecule has 1 aliphatic carbocycles. The number of hydrogen-bond donors (Lipinski definition) is 1. The highest BCUT2D eigenvalue weighted by atomic mass is 19.1. The summed E-state index contributed by atoms with van der Waals surface area (Å²) in [6.07, 6.45) is 6.73. The SMILES string of the molecule is CC(C)(F)CN1CCC(COC2(C(=O)O)C=CC(c3ccccc3F)=CC2)CC1. The predicted molar refractivity (Wildman–Crippen MR) is 109 cm³/mol. The zero-order valence-corrected chi connectivity index (χ0v) is 17.0. The van der Waals surface area contributed by atoms with E-state index < -0.39 is 17.2 Å². The van der Waals surface area contributed by atoms with Gasteiger partial charge in [-0.2, -0.15) is 0 Å². The second kappa shape index (κ2) is 8.76. The van der Waals surface area contributed by atoms with Gasteiger partial charge in [0.1, 0.15) is 11.5 Å². The molecular formula is C23H29F2NO3. The van der Waals surface area contributed by atoms with Gasteiger partial charge in [0, 0.05) is 18.5 Å². The Kier molecular flexibility index (Phi) is 6.54. The number of likely N-dealkylation sites (tertiary alicyclic amines) is 1. The lowest BCUT2D eigenvalue weighted by molar-refractivity contribution is -0.161. The van der Waals surface area contributed by atoms with Gasteiger partial charge < -0.3 is 14.7 Å². The maximum Gasteiger partial charge on any atom is 0.340 e. The molecule has 1 saturated heterocycles. The van der Waals surface area contributed by atoms with Gasteiger partial charge in [0.25, 0.3) is 0 Å². The molecule has 0 bridgehead atoms. The minimum atomic E-state index is -1.42. The monoisotopic (exact) mass is 405 g/mol. The topological polar surface area (TPSA) is 49.8 Å². The van der Waals surface area contributed by atoms with E-state index in [9.17, 15) is 18.7 Å². The Morgan fingerprint density at radius 3 is 2.55 bits per heavy atom. The minimum Gasteiger partial charge on any atom is -0.479 e. The Hall–Kier alpha value is -2.05. The van der Waals surface area contributed by atoms with Crippen LogP contribution in [0.3, 0.4) is 0 Å². The molecule has 0 amide bonds. The summed E-state index contributed by atoms with van der Waals surface area (Å²) in [6.45, 7) is 5.48. The molecule has 1 unspecified atom stereocenters. The number of carbonyl (C=O) groups is 1. The molecule has 3 rings (SSSR count). The number of nitrogens with zero attached hydrogens (tertiary/aromatic N) is 1. The van der Waals surface area contributed by atoms with Crippen molar-refractivity contribution in [2.45, 2.75) is 44.4 Å². The van der Waals surface area contributed by atoms with Crippen LogP contribution in [0, 0.1) is 11.7 Å². The molecule has 0 saturated carbocycles. The van der Waals surface area contributed by atoms with Crippen LogP contribution >= 0.6 is 0 Å². The van der Waals surface area contributed by atoms with Crippen molar-refractivity contribution in [2.75, 3.05) is 26.2 Å². The van der Waals surface area contributed by atoms with Gasteiger partial charge in [-0.05, 0) is 63.4 Å². The molecule has 6 heteroatoms. The first-order valence-electron chi connectivity index (χ1n) is 10.1. The number of alkyl halides is 1. The molecule has 0 radical (unpaired) electrons. The van der Waals surface area contributed by atoms with Crippen LogP contribution < -0.4 is 0 Å². The van der Waals surface area contributed by atoms with Gasteiger partial charge in [0.2, 0.25) is 0 Å². The smallest absolute Gasteiger partial charge is 0.340 e. The molecule has 29 heavy (non-hydrogen) atoms. The highest BCUT2D eigenvalue weighted by Crippen LogP contribution is 2.32. The van der Waals surface area contributed by atoms with Crippen LogP contribution in [-0.2, 0) is 9.53 Å². The van der Waals surface area contributed by atoms with Crippen molar-refractivity contribution < 1.29 is 23.4 Å². The summed E-state index contributed by atoms with van der Waals surface area (Å²) in [6, 6.07) is 6.43. The van der Waals surface area contributed by atoms with Crippen LogP contribution in [0.2, 0.25) is 0 Å². The van der Waals surface area contributed by atoms with Crippen LogP contribution in [0.1, 0.15) is 38.7 Å². The van der Waals surface area contributed by atoms with Crippen LogP contribution in [-0.4, -0.2) is 53.5 Å². The number of piperidine rings is 1. The summed E-state index contributed by atoms with van der Waals surface area (Å²) in [5, 5.41) is 9.77. The molecule has 1 aliphatic heterocycles. The zero-order chi connectivity index (χ0) is 21.1. The number of carboxylic acid groups (broad SMARTS) is 1. The average molecular weight is 405 g/mol. The summed E-state index contributed by atoms with van der Waals surface area (Å²) < 4.78 is 33.7. The molecule has 1 atom stereocenters. The van der Waals surface area contributed by atoms with E-state index in [0.29, 0.717) is 24.3 Å². The Labute approximate surface area is 170 Å². The number of allylic oxidation sites excluding steroid dienone is 2. The van der Waals surface area contributed by atoms with Crippen molar-refractivity contribution in [3.05, 3.63) is 53.9 Å². The first-order valence-corrected chi connectivity index (χ1v) is 10.1. The van der Waals surface area contributed by atoms with Crippen molar-refractivity contribution in [3.63, 3.8) is 0 Å². The molecule has 0 spiro atoms.